The number of anilines is 1. The topological polar surface area (TPSA) is 83.9 Å². The number of hydrogen-bond acceptors (Lipinski definition) is 5. The van der Waals surface area contributed by atoms with Crippen molar-refractivity contribution < 1.29 is 9.21 Å². The Morgan fingerprint density at radius 3 is 2.76 bits per heavy atom. The molecule has 0 unspecified atom stereocenters. The van der Waals surface area contributed by atoms with Crippen molar-refractivity contribution >= 4 is 35.1 Å². The van der Waals surface area contributed by atoms with Crippen LogP contribution >= 0.6 is 23.4 Å². The number of halogens is 1. The minimum Gasteiger partial charge on any atom is -0.467 e. The molecule has 6 nitrogen and oxygen atoms in total. The second kappa shape index (κ2) is 7.47. The van der Waals surface area contributed by atoms with E-state index in [0.717, 1.165) is 0 Å². The average molecular weight is 373 g/mol. The largest absolute Gasteiger partial charge is 0.467 e. The summed E-state index contributed by atoms with van der Waals surface area (Å²) in [6.45, 7) is 0.357. The van der Waals surface area contributed by atoms with Crippen LogP contribution in [0.4, 0.5) is 5.82 Å². The SMILES string of the molecule is CSc1nc(NC(=O)c2ccc(Cl)cc2)c(C#N)n1Cc1ccco1. The van der Waals surface area contributed by atoms with Crippen molar-refractivity contribution in [2.24, 2.45) is 0 Å². The lowest BCUT2D eigenvalue weighted by Crippen LogP contribution is -2.13. The van der Waals surface area contributed by atoms with Gasteiger partial charge in [0.15, 0.2) is 16.7 Å². The van der Waals surface area contributed by atoms with Crippen LogP contribution < -0.4 is 5.32 Å². The van der Waals surface area contributed by atoms with Gasteiger partial charge in [-0.25, -0.2) is 4.98 Å². The van der Waals surface area contributed by atoms with Gasteiger partial charge in [0, 0.05) is 10.6 Å². The van der Waals surface area contributed by atoms with Gasteiger partial charge in [-0.3, -0.25) is 4.79 Å². The standard InChI is InChI=1S/C17H13ClN4O2S/c1-25-17-21-15(20-16(23)11-4-6-12(18)7-5-11)14(9-19)22(17)10-13-3-2-8-24-13/h2-8H,10H2,1H3,(H,20,23). The number of hydrogen-bond donors (Lipinski definition) is 1. The van der Waals surface area contributed by atoms with Crippen molar-refractivity contribution in [3.05, 3.63) is 64.7 Å². The highest BCUT2D eigenvalue weighted by molar-refractivity contribution is 7.98. The summed E-state index contributed by atoms with van der Waals surface area (Å²) in [6.07, 6.45) is 3.42. The Bertz CT molecular complexity index is 927. The van der Waals surface area contributed by atoms with Crippen LogP contribution in [0.5, 0.6) is 0 Å². The van der Waals surface area contributed by atoms with Crippen molar-refractivity contribution in [1.82, 2.24) is 9.55 Å². The monoisotopic (exact) mass is 372 g/mol. The summed E-state index contributed by atoms with van der Waals surface area (Å²) < 4.78 is 7.05. The van der Waals surface area contributed by atoms with Gasteiger partial charge in [-0.2, -0.15) is 5.26 Å². The van der Waals surface area contributed by atoms with Gasteiger partial charge in [0.25, 0.3) is 5.91 Å². The van der Waals surface area contributed by atoms with E-state index < -0.39 is 0 Å². The van der Waals surface area contributed by atoms with E-state index in [4.69, 9.17) is 16.0 Å². The third-order valence-electron chi connectivity index (χ3n) is 3.45. The fourth-order valence-electron chi connectivity index (χ4n) is 2.27. The molecule has 0 atom stereocenters. The number of nitrogens with zero attached hydrogens (tertiary/aromatic N) is 3. The lowest BCUT2D eigenvalue weighted by molar-refractivity contribution is 0.102. The number of amides is 1. The summed E-state index contributed by atoms with van der Waals surface area (Å²) in [4.78, 5) is 16.7. The third-order valence-corrected chi connectivity index (χ3v) is 4.38. The van der Waals surface area contributed by atoms with Gasteiger partial charge in [-0.05, 0) is 42.7 Å². The molecule has 0 aliphatic carbocycles. The minimum absolute atomic E-state index is 0.221. The van der Waals surface area contributed by atoms with Gasteiger partial charge >= 0.3 is 0 Å². The number of aromatic nitrogens is 2. The zero-order valence-corrected chi connectivity index (χ0v) is 14.8. The first kappa shape index (κ1) is 17.1. The van der Waals surface area contributed by atoms with Gasteiger partial charge in [-0.15, -0.1) is 0 Å². The molecule has 0 aliphatic rings. The number of carbonyl (C=O) groups is 1. The first-order valence-electron chi connectivity index (χ1n) is 7.26. The van der Waals surface area contributed by atoms with Crippen LogP contribution in [0.2, 0.25) is 5.02 Å². The molecule has 0 radical (unpaired) electrons. The summed E-state index contributed by atoms with van der Waals surface area (Å²) >= 11 is 7.22. The molecule has 3 rings (SSSR count). The predicted molar refractivity (Wildman–Crippen MR) is 95.9 cm³/mol. The van der Waals surface area contributed by atoms with Gasteiger partial charge in [0.05, 0.1) is 12.8 Å². The van der Waals surface area contributed by atoms with Crippen LogP contribution in [-0.2, 0) is 6.54 Å². The predicted octanol–water partition coefficient (Wildman–Crippen LogP) is 4.02. The highest BCUT2D eigenvalue weighted by Crippen LogP contribution is 2.25. The number of benzene rings is 1. The Labute approximate surface area is 153 Å². The Kier molecular flexibility index (Phi) is 5.12. The summed E-state index contributed by atoms with van der Waals surface area (Å²) in [5.74, 6) is 0.557. The van der Waals surface area contributed by atoms with E-state index >= 15 is 0 Å². The first-order valence-corrected chi connectivity index (χ1v) is 8.86. The molecule has 2 heterocycles. The second-order valence-electron chi connectivity index (χ2n) is 5.03. The van der Waals surface area contributed by atoms with Gasteiger partial charge < -0.3 is 14.3 Å². The maximum atomic E-state index is 12.4. The zero-order chi connectivity index (χ0) is 17.8. The van der Waals surface area contributed by atoms with Crippen LogP contribution in [0.25, 0.3) is 0 Å². The molecule has 0 aliphatic heterocycles. The molecule has 1 N–H and O–H groups in total. The molecule has 0 saturated carbocycles. The Hall–Kier alpha value is -2.69. The first-order chi connectivity index (χ1) is 12.1. The fourth-order valence-corrected chi connectivity index (χ4v) is 2.96. The van der Waals surface area contributed by atoms with Crippen molar-refractivity contribution in [3.63, 3.8) is 0 Å². The number of rotatable bonds is 5. The highest BCUT2D eigenvalue weighted by Gasteiger charge is 2.20. The molecule has 2 aromatic heterocycles. The van der Waals surface area contributed by atoms with E-state index in [1.165, 1.54) is 11.8 Å². The minimum atomic E-state index is -0.358. The number of thioether (sulfide) groups is 1. The average Bonchev–Trinajstić information content (AvgIpc) is 3.23. The van der Waals surface area contributed by atoms with E-state index in [0.29, 0.717) is 28.0 Å². The number of imidazole rings is 1. The van der Waals surface area contributed by atoms with Gasteiger partial charge in [-0.1, -0.05) is 23.4 Å². The van der Waals surface area contributed by atoms with E-state index in [-0.39, 0.29) is 17.4 Å². The molecule has 0 bridgehead atoms. The molecule has 3 aromatic rings. The van der Waals surface area contributed by atoms with E-state index in [2.05, 4.69) is 16.4 Å². The molecule has 25 heavy (non-hydrogen) atoms. The lowest BCUT2D eigenvalue weighted by atomic mass is 10.2. The fraction of sp³-hybridized carbons (Fsp3) is 0.118. The highest BCUT2D eigenvalue weighted by atomic mass is 35.5. The van der Waals surface area contributed by atoms with Crippen LogP contribution in [-0.4, -0.2) is 21.7 Å². The summed E-state index contributed by atoms with van der Waals surface area (Å²) in [7, 11) is 0. The quantitative estimate of drug-likeness (QED) is 0.684. The Morgan fingerprint density at radius 2 is 2.16 bits per heavy atom. The molecular weight excluding hydrogens is 360 g/mol. The lowest BCUT2D eigenvalue weighted by Gasteiger charge is -2.05. The van der Waals surface area contributed by atoms with Crippen molar-refractivity contribution in [3.8, 4) is 6.07 Å². The van der Waals surface area contributed by atoms with E-state index in [1.54, 1.807) is 41.2 Å². The van der Waals surface area contributed by atoms with E-state index in [1.807, 2.05) is 12.3 Å². The summed E-state index contributed by atoms with van der Waals surface area (Å²) in [5, 5.41) is 13.4. The zero-order valence-electron chi connectivity index (χ0n) is 13.2. The van der Waals surface area contributed by atoms with Crippen LogP contribution in [0.15, 0.2) is 52.2 Å². The second-order valence-corrected chi connectivity index (χ2v) is 6.24. The smallest absolute Gasteiger partial charge is 0.256 e. The van der Waals surface area contributed by atoms with Crippen LogP contribution in [0.3, 0.4) is 0 Å². The molecule has 0 spiro atoms. The normalized spacial score (nSPS) is 10.4. The maximum absolute atomic E-state index is 12.4. The van der Waals surface area contributed by atoms with Crippen LogP contribution in [0.1, 0.15) is 21.8 Å². The molecule has 0 fully saturated rings. The number of carbonyl (C=O) groups excluding carboxylic acids is 1. The van der Waals surface area contributed by atoms with Crippen molar-refractivity contribution in [2.45, 2.75) is 11.7 Å². The Morgan fingerprint density at radius 1 is 1.40 bits per heavy atom. The maximum Gasteiger partial charge on any atom is 0.256 e. The van der Waals surface area contributed by atoms with Crippen molar-refractivity contribution in [1.29, 1.82) is 5.26 Å². The molecule has 1 amide bonds. The number of nitriles is 1. The molecule has 126 valence electrons. The van der Waals surface area contributed by atoms with E-state index in [9.17, 15) is 10.1 Å². The molecule has 1 aromatic carbocycles. The van der Waals surface area contributed by atoms with Gasteiger partial charge in [0.1, 0.15) is 11.8 Å². The summed E-state index contributed by atoms with van der Waals surface area (Å²) in [6, 6.07) is 12.2. The number of furan rings is 1. The van der Waals surface area contributed by atoms with Crippen molar-refractivity contribution in [2.75, 3.05) is 11.6 Å². The van der Waals surface area contributed by atoms with Gasteiger partial charge in [0.2, 0.25) is 0 Å². The Balaban J connectivity index is 1.91. The third kappa shape index (κ3) is 3.71. The number of nitrogens with one attached hydrogen (secondary N) is 1. The summed E-state index contributed by atoms with van der Waals surface area (Å²) in [5.41, 5.74) is 0.697. The molecule has 8 heteroatoms. The molecule has 0 saturated heterocycles. The van der Waals surface area contributed by atoms with Crippen LogP contribution in [0, 0.1) is 11.3 Å². The molecular formula is C17H13ClN4O2S.